The lowest BCUT2D eigenvalue weighted by Crippen LogP contribution is -2.13. The molecule has 0 fully saturated rings. The summed E-state index contributed by atoms with van der Waals surface area (Å²) in [5.41, 5.74) is 4.62. The van der Waals surface area contributed by atoms with Crippen molar-refractivity contribution in [3.8, 4) is 22.3 Å². The van der Waals surface area contributed by atoms with Crippen LogP contribution in [0.5, 0.6) is 0 Å². The molecule has 0 saturated carbocycles. The first-order chi connectivity index (χ1) is 15.6. The minimum Gasteiger partial charge on any atom is -0.279 e. The van der Waals surface area contributed by atoms with Gasteiger partial charge in [0.1, 0.15) is 0 Å². The third kappa shape index (κ3) is 5.39. The normalized spacial score (nSPS) is 11.4. The summed E-state index contributed by atoms with van der Waals surface area (Å²) < 4.78 is 29.5. The van der Waals surface area contributed by atoms with Gasteiger partial charge in [-0.1, -0.05) is 92.7 Å². The van der Waals surface area contributed by atoms with Crippen LogP contribution in [0, 0.1) is 6.92 Å². The highest BCUT2D eigenvalue weighted by atomic mass is 79.9. The molecule has 4 rings (SSSR count). The van der Waals surface area contributed by atoms with E-state index >= 15 is 0 Å². The zero-order valence-electron chi connectivity index (χ0n) is 17.2. The molecule has 0 amide bonds. The monoisotopic (exact) mass is 579 g/mol. The van der Waals surface area contributed by atoms with Gasteiger partial charge in [-0.2, -0.15) is 0 Å². The Bertz CT molecular complexity index is 1440. The number of sulfonamides is 1. The first-order valence-corrected chi connectivity index (χ1v) is 13.2. The molecule has 0 radical (unpaired) electrons. The van der Waals surface area contributed by atoms with Crippen molar-refractivity contribution in [2.24, 2.45) is 0 Å². The second-order valence-electron chi connectivity index (χ2n) is 7.43. The fourth-order valence-electron chi connectivity index (χ4n) is 3.34. The number of benzene rings is 4. The molecule has 3 nitrogen and oxygen atoms in total. The van der Waals surface area contributed by atoms with Crippen LogP contribution in [0.25, 0.3) is 22.3 Å². The molecule has 1 N–H and O–H groups in total. The summed E-state index contributed by atoms with van der Waals surface area (Å²) in [6.07, 6.45) is 0. The van der Waals surface area contributed by atoms with Crippen LogP contribution in [0.3, 0.4) is 0 Å². The maximum absolute atomic E-state index is 13.0. The predicted octanol–water partition coefficient (Wildman–Crippen LogP) is 8.85. The van der Waals surface area contributed by atoms with Crippen molar-refractivity contribution >= 4 is 66.4 Å². The maximum atomic E-state index is 13.0. The SMILES string of the molecule is Cc1ccc(S(=O)(=O)Nc2cc(Cl)c(Cl)cc2-c2ccc(-c3ccc(Cl)cc3)c(Br)c2)cc1. The molecule has 168 valence electrons. The zero-order valence-corrected chi connectivity index (χ0v) is 21.9. The Hall–Kier alpha value is -2.02. The predicted molar refractivity (Wildman–Crippen MR) is 142 cm³/mol. The average molecular weight is 582 g/mol. The van der Waals surface area contributed by atoms with Crippen molar-refractivity contribution in [3.05, 3.63) is 104 Å². The topological polar surface area (TPSA) is 46.2 Å². The van der Waals surface area contributed by atoms with Gasteiger partial charge >= 0.3 is 0 Å². The van der Waals surface area contributed by atoms with Crippen LogP contribution in [0.2, 0.25) is 15.1 Å². The van der Waals surface area contributed by atoms with E-state index < -0.39 is 10.0 Å². The second-order valence-corrected chi connectivity index (χ2v) is 11.2. The molecule has 0 heterocycles. The van der Waals surface area contributed by atoms with E-state index in [9.17, 15) is 8.42 Å². The van der Waals surface area contributed by atoms with Gasteiger partial charge in [0.25, 0.3) is 10.0 Å². The van der Waals surface area contributed by atoms with Gasteiger partial charge in [-0.05, 0) is 66.1 Å². The molecule has 0 atom stereocenters. The van der Waals surface area contributed by atoms with E-state index in [4.69, 9.17) is 34.8 Å². The molecule has 0 unspecified atom stereocenters. The van der Waals surface area contributed by atoms with Gasteiger partial charge in [0.05, 0.1) is 20.6 Å². The summed E-state index contributed by atoms with van der Waals surface area (Å²) in [5.74, 6) is 0. The summed E-state index contributed by atoms with van der Waals surface area (Å²) >= 11 is 22.2. The van der Waals surface area contributed by atoms with Crippen LogP contribution in [-0.4, -0.2) is 8.42 Å². The lowest BCUT2D eigenvalue weighted by atomic mass is 9.99. The van der Waals surface area contributed by atoms with Crippen molar-refractivity contribution in [3.63, 3.8) is 0 Å². The molecule has 8 heteroatoms. The van der Waals surface area contributed by atoms with Gasteiger partial charge in [-0.3, -0.25) is 4.72 Å². The lowest BCUT2D eigenvalue weighted by molar-refractivity contribution is 0.601. The van der Waals surface area contributed by atoms with Gasteiger partial charge in [-0.15, -0.1) is 0 Å². The van der Waals surface area contributed by atoms with Gasteiger partial charge in [0, 0.05) is 15.1 Å². The molecule has 4 aromatic rings. The standard InChI is InChI=1S/C25H17BrCl3NO2S/c1-15-2-9-19(10-3-15)33(31,32)30-25-14-24(29)23(28)13-21(25)17-6-11-20(22(26)12-17)16-4-7-18(27)8-5-16/h2-14,30H,1H3. The lowest BCUT2D eigenvalue weighted by Gasteiger charge is -2.16. The highest BCUT2D eigenvalue weighted by Crippen LogP contribution is 2.39. The van der Waals surface area contributed by atoms with Crippen molar-refractivity contribution < 1.29 is 8.42 Å². The van der Waals surface area contributed by atoms with E-state index in [2.05, 4.69) is 20.7 Å². The van der Waals surface area contributed by atoms with Gasteiger partial charge in [0.2, 0.25) is 0 Å². The Morgan fingerprint density at radius 3 is 1.97 bits per heavy atom. The number of nitrogens with one attached hydrogen (secondary N) is 1. The van der Waals surface area contributed by atoms with Crippen LogP contribution in [0.15, 0.2) is 88.2 Å². The molecular weight excluding hydrogens is 565 g/mol. The van der Waals surface area contributed by atoms with Crippen molar-refractivity contribution in [2.75, 3.05) is 4.72 Å². The number of aryl methyl sites for hydroxylation is 1. The molecular formula is C25H17BrCl3NO2S. The highest BCUT2D eigenvalue weighted by molar-refractivity contribution is 9.10. The molecule has 0 aliphatic rings. The van der Waals surface area contributed by atoms with Gasteiger partial charge in [0.15, 0.2) is 0 Å². The quantitative estimate of drug-likeness (QED) is 0.256. The molecule has 0 aliphatic heterocycles. The zero-order chi connectivity index (χ0) is 23.8. The maximum Gasteiger partial charge on any atom is 0.261 e. The number of anilines is 1. The molecule has 0 bridgehead atoms. The molecule has 33 heavy (non-hydrogen) atoms. The molecule has 4 aromatic carbocycles. The van der Waals surface area contributed by atoms with E-state index in [0.717, 1.165) is 26.7 Å². The Balaban J connectivity index is 1.77. The fraction of sp³-hybridized carbons (Fsp3) is 0.0400. The van der Waals surface area contributed by atoms with E-state index in [1.165, 1.54) is 6.07 Å². The van der Waals surface area contributed by atoms with Crippen molar-refractivity contribution in [1.29, 1.82) is 0 Å². The smallest absolute Gasteiger partial charge is 0.261 e. The summed E-state index contributed by atoms with van der Waals surface area (Å²) in [6.45, 7) is 1.90. The number of hydrogen-bond acceptors (Lipinski definition) is 2. The Kier molecular flexibility index (Phi) is 7.08. The first kappa shape index (κ1) is 24.1. The third-order valence-electron chi connectivity index (χ3n) is 5.07. The molecule has 0 aromatic heterocycles. The fourth-order valence-corrected chi connectivity index (χ4v) is 5.47. The van der Waals surface area contributed by atoms with Gasteiger partial charge < -0.3 is 0 Å². The van der Waals surface area contributed by atoms with E-state index in [1.54, 1.807) is 30.3 Å². The Labute approximate surface area is 216 Å². The number of hydrogen-bond donors (Lipinski definition) is 1. The van der Waals surface area contributed by atoms with Crippen LogP contribution in [0.4, 0.5) is 5.69 Å². The highest BCUT2D eigenvalue weighted by Gasteiger charge is 2.19. The van der Waals surface area contributed by atoms with E-state index in [1.807, 2.05) is 49.4 Å². The largest absolute Gasteiger partial charge is 0.279 e. The van der Waals surface area contributed by atoms with Crippen LogP contribution in [0.1, 0.15) is 5.56 Å². The number of halogens is 4. The minimum absolute atomic E-state index is 0.157. The first-order valence-electron chi connectivity index (χ1n) is 9.78. The Morgan fingerprint density at radius 1 is 0.727 bits per heavy atom. The van der Waals surface area contributed by atoms with E-state index in [0.29, 0.717) is 21.3 Å². The molecule has 0 aliphatic carbocycles. The number of rotatable bonds is 5. The van der Waals surface area contributed by atoms with Gasteiger partial charge in [-0.25, -0.2) is 8.42 Å². The van der Waals surface area contributed by atoms with Crippen molar-refractivity contribution in [1.82, 2.24) is 0 Å². The second kappa shape index (κ2) is 9.69. The minimum atomic E-state index is -3.83. The average Bonchev–Trinajstić information content (AvgIpc) is 2.77. The van der Waals surface area contributed by atoms with Crippen molar-refractivity contribution in [2.45, 2.75) is 11.8 Å². The Morgan fingerprint density at radius 2 is 1.33 bits per heavy atom. The van der Waals surface area contributed by atoms with Crippen LogP contribution < -0.4 is 4.72 Å². The summed E-state index contributed by atoms with van der Waals surface area (Å²) in [4.78, 5) is 0.157. The molecule has 0 spiro atoms. The summed E-state index contributed by atoms with van der Waals surface area (Å²) in [7, 11) is -3.83. The summed E-state index contributed by atoms with van der Waals surface area (Å²) in [5, 5.41) is 1.23. The van der Waals surface area contributed by atoms with Crippen LogP contribution in [-0.2, 0) is 10.0 Å². The third-order valence-corrected chi connectivity index (χ3v) is 8.08. The molecule has 0 saturated heterocycles. The van der Waals surface area contributed by atoms with E-state index in [-0.39, 0.29) is 9.92 Å². The summed E-state index contributed by atoms with van der Waals surface area (Å²) in [6, 6.07) is 23.1. The van der Waals surface area contributed by atoms with Crippen LogP contribution >= 0.6 is 50.7 Å².